The summed E-state index contributed by atoms with van der Waals surface area (Å²) in [6, 6.07) is 13.8. The van der Waals surface area contributed by atoms with Gasteiger partial charge < -0.3 is 34.4 Å². The second-order valence-corrected chi connectivity index (χ2v) is 14.3. The lowest BCUT2D eigenvalue weighted by Gasteiger charge is -2.40. The number of esters is 1. The summed E-state index contributed by atoms with van der Waals surface area (Å²) in [5.41, 5.74) is 0.476. The Morgan fingerprint density at radius 1 is 1.06 bits per heavy atom. The van der Waals surface area contributed by atoms with Crippen molar-refractivity contribution >= 4 is 34.7 Å². The van der Waals surface area contributed by atoms with E-state index in [-0.39, 0.29) is 38.1 Å². The fourth-order valence-corrected chi connectivity index (χ4v) is 8.36. The van der Waals surface area contributed by atoms with E-state index in [9.17, 15) is 14.7 Å². The molecule has 2 fully saturated rings. The molecule has 5 heterocycles. The Morgan fingerprint density at radius 2 is 1.83 bits per heavy atom. The summed E-state index contributed by atoms with van der Waals surface area (Å²) in [5, 5.41) is 22.3. The fraction of sp³-hybridized carbons (Fsp3) is 0.487. The van der Waals surface area contributed by atoms with Gasteiger partial charge in [-0.15, -0.1) is 5.10 Å². The van der Waals surface area contributed by atoms with E-state index in [4.69, 9.17) is 14.2 Å². The Labute approximate surface area is 307 Å². The maximum Gasteiger partial charge on any atom is 0.313 e. The summed E-state index contributed by atoms with van der Waals surface area (Å²) in [6.45, 7) is 3.78. The van der Waals surface area contributed by atoms with Crippen molar-refractivity contribution < 1.29 is 38.5 Å². The van der Waals surface area contributed by atoms with E-state index in [1.165, 1.54) is 12.0 Å². The van der Waals surface area contributed by atoms with Gasteiger partial charge in [0, 0.05) is 20.1 Å². The van der Waals surface area contributed by atoms with Crippen LogP contribution in [-0.2, 0) is 40.1 Å². The van der Waals surface area contributed by atoms with Crippen LogP contribution in [0.25, 0.3) is 11.0 Å². The van der Waals surface area contributed by atoms with E-state index in [1.54, 1.807) is 46.0 Å². The first-order valence-corrected chi connectivity index (χ1v) is 18.3. The molecular formula is C39H46N6O8. The highest BCUT2D eigenvalue weighted by molar-refractivity contribution is 5.99. The summed E-state index contributed by atoms with van der Waals surface area (Å²) < 4.78 is 20.3. The fourth-order valence-electron chi connectivity index (χ4n) is 8.36. The SMILES string of the molecule is CC[C@H](C)[C@H](CO)N1C(=O)[C@H]2[C@@H]3C(=O)O[C@@H](c4ccccc4)[C@H](COC)NC(=O)CC/C=C\[C@@H]3O[C@]23C=CCN(Cn2nnc4ccccc42)C(=O)[C@H]13. The van der Waals surface area contributed by atoms with Crippen LogP contribution in [0.5, 0.6) is 0 Å². The lowest BCUT2D eigenvalue weighted by Crippen LogP contribution is -2.59. The zero-order valence-corrected chi connectivity index (χ0v) is 30.1. The highest BCUT2D eigenvalue weighted by Gasteiger charge is 2.72. The highest BCUT2D eigenvalue weighted by atomic mass is 16.6. The predicted octanol–water partition coefficient (Wildman–Crippen LogP) is 2.54. The number of para-hydroxylation sites is 1. The van der Waals surface area contributed by atoms with Crippen molar-refractivity contribution in [3.05, 3.63) is 84.5 Å². The minimum absolute atomic E-state index is 0.0472. The zero-order chi connectivity index (χ0) is 37.3. The van der Waals surface area contributed by atoms with Gasteiger partial charge in [0.05, 0.1) is 42.8 Å². The molecule has 2 saturated heterocycles. The molecule has 4 aliphatic heterocycles. The standard InChI is InChI=1S/C39H46N6O8/c1-4-24(2)29(21-46)45-35-37(49)43(23-44-28-16-9-8-15-26(28)41-42-44)20-12-19-39(35)33(36(45)48)32-30(53-39)17-10-11-18-31(47)40-27(22-51-3)34(52-38(32)50)25-13-6-5-7-14-25/h5-10,12-17,19,24,27,29-30,32-35,46H,4,11,18,20-23H2,1-3H3,(H,40,47)/b17-10-/t24-,27-,29-,30-,32+,33+,34-,35-,39+/m0/s1. The molecule has 2 N–H and O–H groups in total. The number of amides is 3. The second-order valence-electron chi connectivity index (χ2n) is 14.3. The number of fused-ring (bicyclic) bond motifs is 3. The largest absolute Gasteiger partial charge is 0.455 e. The summed E-state index contributed by atoms with van der Waals surface area (Å²) in [6.07, 6.45) is 6.23. The maximum absolute atomic E-state index is 15.1. The molecule has 3 amide bonds. The molecule has 0 unspecified atom stereocenters. The van der Waals surface area contributed by atoms with Crippen LogP contribution in [0.15, 0.2) is 78.9 Å². The van der Waals surface area contributed by atoms with Crippen LogP contribution in [-0.4, -0.2) is 110 Å². The normalized spacial score (nSPS) is 30.7. The van der Waals surface area contributed by atoms with Crippen LogP contribution in [0.1, 0.15) is 44.8 Å². The molecule has 1 aromatic heterocycles. The van der Waals surface area contributed by atoms with Crippen LogP contribution >= 0.6 is 0 Å². The predicted molar refractivity (Wildman–Crippen MR) is 191 cm³/mol. The number of carbonyl (C=O) groups is 4. The van der Waals surface area contributed by atoms with E-state index >= 15 is 9.59 Å². The zero-order valence-electron chi connectivity index (χ0n) is 30.1. The number of benzene rings is 2. The van der Waals surface area contributed by atoms with Crippen LogP contribution in [0.2, 0.25) is 0 Å². The molecule has 9 atom stereocenters. The van der Waals surface area contributed by atoms with Crippen LogP contribution < -0.4 is 5.32 Å². The number of hydrogen-bond donors (Lipinski definition) is 2. The molecule has 53 heavy (non-hydrogen) atoms. The Morgan fingerprint density at radius 3 is 2.58 bits per heavy atom. The highest BCUT2D eigenvalue weighted by Crippen LogP contribution is 2.54. The molecule has 3 aromatic rings. The third-order valence-corrected chi connectivity index (χ3v) is 11.2. The molecule has 2 aromatic carbocycles. The summed E-state index contributed by atoms with van der Waals surface area (Å²) in [7, 11) is 1.50. The number of aliphatic hydroxyl groups is 1. The molecular weight excluding hydrogens is 680 g/mol. The summed E-state index contributed by atoms with van der Waals surface area (Å²) >= 11 is 0. The second kappa shape index (κ2) is 15.2. The first-order chi connectivity index (χ1) is 25.7. The number of methoxy groups -OCH3 is 1. The van der Waals surface area contributed by atoms with Gasteiger partial charge in [-0.1, -0.05) is 92.3 Å². The molecule has 1 spiro atoms. The number of allylic oxidation sites excluding steroid dienone is 1. The number of ether oxygens (including phenoxy) is 3. The molecule has 14 nitrogen and oxygen atoms in total. The van der Waals surface area contributed by atoms with Gasteiger partial charge in [0.2, 0.25) is 11.8 Å². The molecule has 0 bridgehead atoms. The molecule has 4 aliphatic rings. The summed E-state index contributed by atoms with van der Waals surface area (Å²) in [4.78, 5) is 60.9. The van der Waals surface area contributed by atoms with Crippen molar-refractivity contribution in [3.63, 3.8) is 0 Å². The molecule has 280 valence electrons. The first-order valence-electron chi connectivity index (χ1n) is 18.3. The Hall–Kier alpha value is -4.92. The van der Waals surface area contributed by atoms with Gasteiger partial charge in [-0.25, -0.2) is 4.68 Å². The number of cyclic esters (lactones) is 1. The number of nitrogens with one attached hydrogen (secondary N) is 1. The van der Waals surface area contributed by atoms with Gasteiger partial charge in [-0.2, -0.15) is 0 Å². The van der Waals surface area contributed by atoms with Crippen LogP contribution in [0.4, 0.5) is 0 Å². The Kier molecular flexibility index (Phi) is 10.5. The third kappa shape index (κ3) is 6.53. The number of carbonyl (C=O) groups excluding carboxylic acids is 4. The van der Waals surface area contributed by atoms with Gasteiger partial charge in [0.1, 0.15) is 35.9 Å². The molecule has 0 aliphatic carbocycles. The number of hydrogen-bond acceptors (Lipinski definition) is 10. The number of aliphatic hydroxyl groups excluding tert-OH is 1. The smallest absolute Gasteiger partial charge is 0.313 e. The Bertz CT molecular complexity index is 1900. The van der Waals surface area contributed by atoms with E-state index in [1.807, 2.05) is 56.3 Å². The van der Waals surface area contributed by atoms with E-state index in [2.05, 4.69) is 15.6 Å². The quantitative estimate of drug-likeness (QED) is 0.247. The van der Waals surface area contributed by atoms with Gasteiger partial charge in [0.15, 0.2) is 0 Å². The van der Waals surface area contributed by atoms with Crippen molar-refractivity contribution in [2.24, 2.45) is 17.8 Å². The Balaban J connectivity index is 1.32. The minimum atomic E-state index is -1.57. The summed E-state index contributed by atoms with van der Waals surface area (Å²) in [5.74, 6) is -4.32. The van der Waals surface area contributed by atoms with Gasteiger partial charge in [0.25, 0.3) is 5.91 Å². The topological polar surface area (TPSA) is 165 Å². The van der Waals surface area contributed by atoms with Crippen molar-refractivity contribution in [2.75, 3.05) is 26.9 Å². The van der Waals surface area contributed by atoms with E-state index < -0.39 is 72.2 Å². The van der Waals surface area contributed by atoms with Gasteiger partial charge >= 0.3 is 5.97 Å². The molecule has 14 heteroatoms. The van der Waals surface area contributed by atoms with Crippen molar-refractivity contribution in [3.8, 4) is 0 Å². The van der Waals surface area contributed by atoms with Crippen molar-refractivity contribution in [2.45, 2.75) is 75.7 Å². The van der Waals surface area contributed by atoms with Crippen LogP contribution in [0, 0.1) is 17.8 Å². The van der Waals surface area contributed by atoms with Gasteiger partial charge in [-0.05, 0) is 30.0 Å². The monoisotopic (exact) mass is 726 g/mol. The lowest BCUT2D eigenvalue weighted by molar-refractivity contribution is -0.163. The number of rotatable bonds is 9. The number of likely N-dealkylation sites (tertiary alicyclic amines) is 1. The van der Waals surface area contributed by atoms with Crippen molar-refractivity contribution in [1.29, 1.82) is 0 Å². The molecule has 0 radical (unpaired) electrons. The molecule has 7 rings (SSSR count). The number of aromatic nitrogens is 3. The van der Waals surface area contributed by atoms with Crippen LogP contribution in [0.3, 0.4) is 0 Å². The average Bonchev–Trinajstić information content (AvgIpc) is 3.76. The van der Waals surface area contributed by atoms with Crippen molar-refractivity contribution in [1.82, 2.24) is 30.1 Å². The maximum atomic E-state index is 15.1. The van der Waals surface area contributed by atoms with E-state index in [0.29, 0.717) is 23.9 Å². The minimum Gasteiger partial charge on any atom is -0.455 e. The van der Waals surface area contributed by atoms with Gasteiger partial charge in [-0.3, -0.25) is 19.2 Å². The third-order valence-electron chi connectivity index (χ3n) is 11.2. The molecule has 0 saturated carbocycles. The lowest BCUT2D eigenvalue weighted by atomic mass is 9.77. The number of nitrogens with zero attached hydrogens (tertiary/aromatic N) is 5. The van der Waals surface area contributed by atoms with E-state index in [0.717, 1.165) is 5.52 Å². The first kappa shape index (κ1) is 36.4. The average molecular weight is 727 g/mol.